The van der Waals surface area contributed by atoms with Crippen molar-refractivity contribution in [3.63, 3.8) is 0 Å². The number of fused-ring (bicyclic) bond motifs is 1. The van der Waals surface area contributed by atoms with E-state index in [-0.39, 0.29) is 27.4 Å². The van der Waals surface area contributed by atoms with E-state index in [0.717, 1.165) is 23.9 Å². The number of alkyl halides is 8. The second-order valence-electron chi connectivity index (χ2n) is 6.12. The summed E-state index contributed by atoms with van der Waals surface area (Å²) in [5.41, 5.74) is -2.31. The minimum atomic E-state index is -5.79. The number of hydrogen-bond acceptors (Lipinski definition) is 3. The van der Waals surface area contributed by atoms with Crippen LogP contribution in [0.5, 0.6) is 0 Å². The highest BCUT2D eigenvalue weighted by Gasteiger charge is 2.58. The van der Waals surface area contributed by atoms with Crippen molar-refractivity contribution in [1.29, 1.82) is 0 Å². The van der Waals surface area contributed by atoms with Crippen LogP contribution < -0.4 is 0 Å². The van der Waals surface area contributed by atoms with Gasteiger partial charge in [-0.2, -0.15) is 35.1 Å². The fourth-order valence-electron chi connectivity index (χ4n) is 2.72. The number of nitrogens with zero attached hydrogens (tertiary/aromatic N) is 3. The largest absolute Gasteiger partial charge is 0.458 e. The molecule has 0 unspecified atom stereocenters. The molecule has 2 aromatic heterocycles. The smallest absolute Gasteiger partial charge is 0.326 e. The van der Waals surface area contributed by atoms with Crippen molar-refractivity contribution in [2.75, 3.05) is 0 Å². The fraction of sp³-hybridized carbons (Fsp3) is 0.222. The van der Waals surface area contributed by atoms with Crippen LogP contribution in [-0.2, 0) is 19.1 Å². The Bertz CT molecular complexity index is 1120. The lowest BCUT2D eigenvalue weighted by Gasteiger charge is -2.19. The van der Waals surface area contributed by atoms with E-state index in [1.165, 1.54) is 17.0 Å². The lowest BCUT2D eigenvalue weighted by molar-refractivity contribution is -0.289. The van der Waals surface area contributed by atoms with Gasteiger partial charge in [0.05, 0.1) is 16.6 Å². The number of imidazole rings is 1. The maximum atomic E-state index is 13.6. The summed E-state index contributed by atoms with van der Waals surface area (Å²) in [6.07, 6.45) is -9.85. The molecule has 160 valence electrons. The van der Waals surface area contributed by atoms with Gasteiger partial charge in [0.15, 0.2) is 5.82 Å². The Kier molecular flexibility index (Phi) is 5.34. The predicted octanol–water partition coefficient (Wildman–Crippen LogP) is 6.54. The topological polar surface area (TPSA) is 30.7 Å². The third-order valence-electron chi connectivity index (χ3n) is 4.20. The van der Waals surface area contributed by atoms with E-state index in [4.69, 9.17) is 0 Å². The SMILES string of the molecule is C=CSc1cc(C(F)(F)F)cnc1-c1nc2cc(C(F)(F)C(F)(F)F)ccc2n1C. The average molecular weight is 453 g/mol. The highest BCUT2D eigenvalue weighted by Crippen LogP contribution is 2.44. The molecule has 30 heavy (non-hydrogen) atoms. The summed E-state index contributed by atoms with van der Waals surface area (Å²) in [6, 6.07) is 3.08. The summed E-state index contributed by atoms with van der Waals surface area (Å²) in [4.78, 5) is 7.89. The first-order valence-electron chi connectivity index (χ1n) is 8.04. The summed E-state index contributed by atoms with van der Waals surface area (Å²) >= 11 is 0.836. The molecule has 0 saturated heterocycles. The molecule has 0 atom stereocenters. The van der Waals surface area contributed by atoms with E-state index in [1.807, 2.05) is 0 Å². The van der Waals surface area contributed by atoms with Gasteiger partial charge in [0.2, 0.25) is 0 Å². The minimum absolute atomic E-state index is 0.00395. The molecule has 0 fully saturated rings. The monoisotopic (exact) mass is 453 g/mol. The number of halogens is 8. The molecular weight excluding hydrogens is 442 g/mol. The third-order valence-corrected chi connectivity index (χ3v) is 4.93. The minimum Gasteiger partial charge on any atom is -0.326 e. The zero-order chi connectivity index (χ0) is 22.5. The molecule has 0 amide bonds. The zero-order valence-electron chi connectivity index (χ0n) is 14.9. The first-order valence-corrected chi connectivity index (χ1v) is 8.92. The number of pyridine rings is 1. The van der Waals surface area contributed by atoms with E-state index in [2.05, 4.69) is 16.5 Å². The summed E-state index contributed by atoms with van der Waals surface area (Å²) in [7, 11) is 1.44. The summed E-state index contributed by atoms with van der Waals surface area (Å²) in [6.45, 7) is 3.45. The number of thioether (sulfide) groups is 1. The molecule has 3 rings (SSSR count). The Morgan fingerprint density at radius 3 is 2.23 bits per heavy atom. The number of aromatic nitrogens is 3. The molecule has 0 aliphatic carbocycles. The molecule has 1 aromatic carbocycles. The van der Waals surface area contributed by atoms with Crippen molar-refractivity contribution in [3.05, 3.63) is 53.6 Å². The van der Waals surface area contributed by atoms with Gasteiger partial charge in [-0.3, -0.25) is 4.98 Å². The third kappa shape index (κ3) is 3.75. The molecular formula is C18H11F8N3S. The first-order chi connectivity index (χ1) is 13.8. The van der Waals surface area contributed by atoms with Gasteiger partial charge >= 0.3 is 18.3 Å². The van der Waals surface area contributed by atoms with Crippen LogP contribution in [0.4, 0.5) is 35.1 Å². The van der Waals surface area contributed by atoms with Gasteiger partial charge in [-0.1, -0.05) is 24.4 Å². The van der Waals surface area contributed by atoms with Crippen LogP contribution in [0.2, 0.25) is 0 Å². The van der Waals surface area contributed by atoms with Crippen molar-refractivity contribution in [1.82, 2.24) is 14.5 Å². The fourth-order valence-corrected chi connectivity index (χ4v) is 3.35. The number of rotatable bonds is 4. The second-order valence-corrected chi connectivity index (χ2v) is 7.13. The first kappa shape index (κ1) is 22.1. The molecule has 0 aliphatic rings. The summed E-state index contributed by atoms with van der Waals surface area (Å²) in [5, 5.41) is 1.27. The molecule has 0 aliphatic heterocycles. The lowest BCUT2D eigenvalue weighted by Crippen LogP contribution is -2.33. The van der Waals surface area contributed by atoms with E-state index in [0.29, 0.717) is 18.3 Å². The number of benzene rings is 1. The molecule has 0 spiro atoms. The molecule has 2 heterocycles. The standard InChI is InChI=1S/C18H11F8N3S/c1-3-30-13-7-10(17(21,22)23)8-27-14(13)15-28-11-6-9(4-5-12(11)29(15)2)16(19,20)18(24,25)26/h3-8H,1H2,2H3. The van der Waals surface area contributed by atoms with Gasteiger partial charge in [-0.25, -0.2) is 4.98 Å². The Morgan fingerprint density at radius 2 is 1.67 bits per heavy atom. The maximum Gasteiger partial charge on any atom is 0.458 e. The van der Waals surface area contributed by atoms with Crippen LogP contribution in [0.1, 0.15) is 11.1 Å². The van der Waals surface area contributed by atoms with Gasteiger partial charge in [0.25, 0.3) is 0 Å². The van der Waals surface area contributed by atoms with Crippen LogP contribution >= 0.6 is 11.8 Å². The highest BCUT2D eigenvalue weighted by molar-refractivity contribution is 8.02. The van der Waals surface area contributed by atoms with Gasteiger partial charge in [-0.15, -0.1) is 0 Å². The molecule has 3 aromatic rings. The van der Waals surface area contributed by atoms with Crippen LogP contribution in [0, 0.1) is 0 Å². The van der Waals surface area contributed by atoms with Crippen molar-refractivity contribution >= 4 is 22.8 Å². The molecule has 0 radical (unpaired) electrons. The number of aryl methyl sites for hydroxylation is 1. The molecule has 0 bridgehead atoms. The van der Waals surface area contributed by atoms with Crippen molar-refractivity contribution < 1.29 is 35.1 Å². The van der Waals surface area contributed by atoms with Crippen LogP contribution in [-0.4, -0.2) is 20.7 Å². The van der Waals surface area contributed by atoms with Crippen LogP contribution in [0.15, 0.2) is 47.3 Å². The maximum absolute atomic E-state index is 13.6. The highest BCUT2D eigenvalue weighted by atomic mass is 32.2. The van der Waals surface area contributed by atoms with Crippen molar-refractivity contribution in [3.8, 4) is 11.5 Å². The van der Waals surface area contributed by atoms with E-state index < -0.39 is 29.4 Å². The van der Waals surface area contributed by atoms with E-state index in [9.17, 15) is 35.1 Å². The van der Waals surface area contributed by atoms with Gasteiger partial charge in [0.1, 0.15) is 5.69 Å². The van der Waals surface area contributed by atoms with Gasteiger partial charge in [0, 0.05) is 23.7 Å². The Hall–Kier alpha value is -2.63. The Balaban J connectivity index is 2.18. The Morgan fingerprint density at radius 1 is 1.00 bits per heavy atom. The van der Waals surface area contributed by atoms with Crippen molar-refractivity contribution in [2.45, 2.75) is 23.2 Å². The zero-order valence-corrected chi connectivity index (χ0v) is 15.8. The van der Waals surface area contributed by atoms with Gasteiger partial charge < -0.3 is 4.57 Å². The molecule has 12 heteroatoms. The van der Waals surface area contributed by atoms with Crippen LogP contribution in [0.25, 0.3) is 22.6 Å². The molecule has 3 nitrogen and oxygen atoms in total. The quantitative estimate of drug-likeness (QED) is 0.332. The number of hydrogen-bond donors (Lipinski definition) is 0. The summed E-state index contributed by atoms with van der Waals surface area (Å²) < 4.78 is 106. The normalized spacial score (nSPS) is 13.1. The van der Waals surface area contributed by atoms with Crippen LogP contribution in [0.3, 0.4) is 0 Å². The Labute approximate surface area is 168 Å². The predicted molar refractivity (Wildman–Crippen MR) is 95.0 cm³/mol. The lowest BCUT2D eigenvalue weighted by atomic mass is 10.1. The molecule has 0 N–H and O–H groups in total. The van der Waals surface area contributed by atoms with Crippen molar-refractivity contribution in [2.24, 2.45) is 7.05 Å². The van der Waals surface area contributed by atoms with Gasteiger partial charge in [-0.05, 0) is 23.6 Å². The molecule has 0 saturated carbocycles. The summed E-state index contributed by atoms with van der Waals surface area (Å²) in [5.74, 6) is -5.09. The average Bonchev–Trinajstić information content (AvgIpc) is 2.96. The second kappa shape index (κ2) is 7.25. The van der Waals surface area contributed by atoms with E-state index >= 15 is 0 Å². The van der Waals surface area contributed by atoms with E-state index in [1.54, 1.807) is 0 Å².